The van der Waals surface area contributed by atoms with Crippen LogP contribution in [0.25, 0.3) is 0 Å². The van der Waals surface area contributed by atoms with E-state index in [0.29, 0.717) is 18.5 Å². The zero-order valence-electron chi connectivity index (χ0n) is 12.4. The summed E-state index contributed by atoms with van der Waals surface area (Å²) in [6.45, 7) is 11.1. The van der Waals surface area contributed by atoms with Gasteiger partial charge in [-0.1, -0.05) is 5.16 Å². The van der Waals surface area contributed by atoms with Gasteiger partial charge in [0.25, 0.3) is 0 Å². The second kappa shape index (κ2) is 7.68. The van der Waals surface area contributed by atoms with Crippen LogP contribution in [0, 0.1) is 0 Å². The normalized spacial score (nSPS) is 18.0. The molecule has 7 nitrogen and oxygen atoms in total. The van der Waals surface area contributed by atoms with Crippen LogP contribution in [-0.4, -0.2) is 65.4 Å². The maximum absolute atomic E-state index is 5.58. The van der Waals surface area contributed by atoms with Crippen LogP contribution in [0.4, 0.5) is 0 Å². The Bertz CT molecular complexity index is 388. The smallest absolute Gasteiger partial charge is 0.240 e. The van der Waals surface area contributed by atoms with Gasteiger partial charge in [-0.3, -0.25) is 9.80 Å². The minimum absolute atomic E-state index is 0.302. The molecule has 0 unspecified atom stereocenters. The molecule has 0 saturated carbocycles. The van der Waals surface area contributed by atoms with Crippen molar-refractivity contribution in [3.63, 3.8) is 0 Å². The minimum atomic E-state index is 0.302. The Morgan fingerprint density at radius 3 is 2.55 bits per heavy atom. The second-order valence-electron chi connectivity index (χ2n) is 5.35. The zero-order valence-corrected chi connectivity index (χ0v) is 12.4. The molecule has 114 valence electrons. The molecule has 1 aromatic rings. The summed E-state index contributed by atoms with van der Waals surface area (Å²) in [7, 11) is 0. The van der Waals surface area contributed by atoms with Gasteiger partial charge < -0.3 is 15.0 Å². The first-order valence-corrected chi connectivity index (χ1v) is 7.25. The van der Waals surface area contributed by atoms with E-state index in [9.17, 15) is 0 Å². The molecule has 1 saturated heterocycles. The molecule has 1 aliphatic heterocycles. The van der Waals surface area contributed by atoms with Crippen LogP contribution in [0.15, 0.2) is 4.52 Å². The highest BCUT2D eigenvalue weighted by Crippen LogP contribution is 2.06. The Balaban J connectivity index is 1.66. The molecule has 0 radical (unpaired) electrons. The summed E-state index contributed by atoms with van der Waals surface area (Å²) in [6, 6.07) is 0. The number of aromatic nitrogens is 2. The SMILES string of the molecule is CC(C)OCCN1CCN(Cc2noc(CN)n2)CC1. The van der Waals surface area contributed by atoms with Crippen LogP contribution < -0.4 is 5.73 Å². The molecule has 0 spiro atoms. The van der Waals surface area contributed by atoms with E-state index >= 15 is 0 Å². The summed E-state index contributed by atoms with van der Waals surface area (Å²) in [5, 5.41) is 3.93. The predicted molar refractivity (Wildman–Crippen MR) is 75.0 cm³/mol. The number of hydrogen-bond acceptors (Lipinski definition) is 7. The molecule has 0 bridgehead atoms. The Morgan fingerprint density at radius 1 is 1.25 bits per heavy atom. The molecule has 2 N–H and O–H groups in total. The third-order valence-electron chi connectivity index (χ3n) is 3.37. The van der Waals surface area contributed by atoms with Gasteiger partial charge in [-0.25, -0.2) is 0 Å². The lowest BCUT2D eigenvalue weighted by atomic mass is 10.3. The van der Waals surface area contributed by atoms with Crippen molar-refractivity contribution in [3.05, 3.63) is 11.7 Å². The van der Waals surface area contributed by atoms with Crippen molar-refractivity contribution >= 4 is 0 Å². The van der Waals surface area contributed by atoms with Crippen molar-refractivity contribution in [1.29, 1.82) is 0 Å². The Morgan fingerprint density at radius 2 is 1.95 bits per heavy atom. The van der Waals surface area contributed by atoms with Gasteiger partial charge >= 0.3 is 0 Å². The maximum atomic E-state index is 5.58. The lowest BCUT2D eigenvalue weighted by Gasteiger charge is -2.34. The number of ether oxygens (including phenoxy) is 1. The minimum Gasteiger partial charge on any atom is -0.377 e. The van der Waals surface area contributed by atoms with Gasteiger partial charge in [0.05, 0.1) is 25.8 Å². The predicted octanol–water partition coefficient (Wildman–Crippen LogP) is 0.0709. The summed E-state index contributed by atoms with van der Waals surface area (Å²) in [6.07, 6.45) is 0.311. The fourth-order valence-electron chi connectivity index (χ4n) is 2.23. The average Bonchev–Trinajstić information content (AvgIpc) is 2.88. The van der Waals surface area contributed by atoms with E-state index in [-0.39, 0.29) is 0 Å². The summed E-state index contributed by atoms with van der Waals surface area (Å²) in [5.74, 6) is 1.23. The molecule has 7 heteroatoms. The van der Waals surface area contributed by atoms with Crippen molar-refractivity contribution < 1.29 is 9.26 Å². The van der Waals surface area contributed by atoms with Gasteiger partial charge in [0.15, 0.2) is 5.82 Å². The first-order valence-electron chi connectivity index (χ1n) is 7.25. The number of nitrogens with zero attached hydrogens (tertiary/aromatic N) is 4. The molecule has 0 aromatic carbocycles. The van der Waals surface area contributed by atoms with E-state index < -0.39 is 0 Å². The third kappa shape index (κ3) is 4.82. The van der Waals surface area contributed by atoms with Crippen molar-refractivity contribution in [1.82, 2.24) is 19.9 Å². The average molecular weight is 283 g/mol. The van der Waals surface area contributed by atoms with E-state index in [1.165, 1.54) is 0 Å². The highest BCUT2D eigenvalue weighted by molar-refractivity contribution is 4.86. The molecule has 20 heavy (non-hydrogen) atoms. The number of hydrogen-bond donors (Lipinski definition) is 1. The molecule has 1 aliphatic rings. The highest BCUT2D eigenvalue weighted by atomic mass is 16.5. The first-order chi connectivity index (χ1) is 9.67. The Kier molecular flexibility index (Phi) is 5.90. The van der Waals surface area contributed by atoms with Crippen molar-refractivity contribution in [3.8, 4) is 0 Å². The lowest BCUT2D eigenvalue weighted by Crippen LogP contribution is -2.47. The highest BCUT2D eigenvalue weighted by Gasteiger charge is 2.18. The summed E-state index contributed by atoms with van der Waals surface area (Å²) < 4.78 is 10.6. The number of piperazine rings is 1. The third-order valence-corrected chi connectivity index (χ3v) is 3.37. The first kappa shape index (κ1) is 15.4. The van der Waals surface area contributed by atoms with Crippen molar-refractivity contribution in [2.24, 2.45) is 5.73 Å². The molecular formula is C13H25N5O2. The zero-order chi connectivity index (χ0) is 14.4. The van der Waals surface area contributed by atoms with Crippen molar-refractivity contribution in [2.45, 2.75) is 33.0 Å². The molecule has 0 atom stereocenters. The van der Waals surface area contributed by atoms with E-state index in [2.05, 4.69) is 33.8 Å². The van der Waals surface area contributed by atoms with Crippen LogP contribution in [-0.2, 0) is 17.8 Å². The lowest BCUT2D eigenvalue weighted by molar-refractivity contribution is 0.0433. The van der Waals surface area contributed by atoms with Crippen LogP contribution in [0.5, 0.6) is 0 Å². The summed E-state index contributed by atoms with van der Waals surface area (Å²) in [5.41, 5.74) is 5.45. The number of nitrogens with two attached hydrogens (primary N) is 1. The molecule has 0 amide bonds. The molecule has 2 heterocycles. The standard InChI is InChI=1S/C13H25N5O2/c1-11(2)19-8-7-17-3-5-18(6-4-17)10-12-15-13(9-14)20-16-12/h11H,3-10,14H2,1-2H3. The van der Waals surface area contributed by atoms with Crippen LogP contribution in [0.3, 0.4) is 0 Å². The van der Waals surface area contributed by atoms with E-state index in [0.717, 1.165) is 51.7 Å². The Labute approximate surface area is 120 Å². The van der Waals surface area contributed by atoms with Gasteiger partial charge in [0.1, 0.15) is 0 Å². The number of rotatable bonds is 7. The van der Waals surface area contributed by atoms with Crippen LogP contribution >= 0.6 is 0 Å². The molecule has 2 rings (SSSR count). The molecular weight excluding hydrogens is 258 g/mol. The van der Waals surface area contributed by atoms with Crippen LogP contribution in [0.2, 0.25) is 0 Å². The molecule has 1 fully saturated rings. The van der Waals surface area contributed by atoms with Crippen LogP contribution in [0.1, 0.15) is 25.6 Å². The van der Waals surface area contributed by atoms with E-state index in [1.807, 2.05) is 0 Å². The van der Waals surface area contributed by atoms with E-state index in [4.69, 9.17) is 15.0 Å². The fraction of sp³-hybridized carbons (Fsp3) is 0.846. The maximum Gasteiger partial charge on any atom is 0.240 e. The monoisotopic (exact) mass is 283 g/mol. The topological polar surface area (TPSA) is 80.7 Å². The van der Waals surface area contributed by atoms with Gasteiger partial charge in [-0.15, -0.1) is 0 Å². The quantitative estimate of drug-likeness (QED) is 0.758. The van der Waals surface area contributed by atoms with Gasteiger partial charge in [-0.05, 0) is 13.8 Å². The largest absolute Gasteiger partial charge is 0.377 e. The molecule has 0 aliphatic carbocycles. The van der Waals surface area contributed by atoms with Crippen molar-refractivity contribution in [2.75, 3.05) is 39.3 Å². The molecule has 1 aromatic heterocycles. The Hall–Kier alpha value is -1.02. The van der Waals surface area contributed by atoms with Gasteiger partial charge in [0.2, 0.25) is 5.89 Å². The van der Waals surface area contributed by atoms with Gasteiger partial charge in [-0.2, -0.15) is 4.98 Å². The second-order valence-corrected chi connectivity index (χ2v) is 5.35. The summed E-state index contributed by atoms with van der Waals surface area (Å²) >= 11 is 0. The summed E-state index contributed by atoms with van der Waals surface area (Å²) in [4.78, 5) is 9.00. The van der Waals surface area contributed by atoms with E-state index in [1.54, 1.807) is 0 Å². The fourth-order valence-corrected chi connectivity index (χ4v) is 2.23. The van der Waals surface area contributed by atoms with Gasteiger partial charge in [0, 0.05) is 32.7 Å².